The SMILES string of the molecule is O=C(NCc1cc(F)cc(Cl)c1)C1(O)CCN(c2cnc3[nH]ccc3c2)C1=O. The number of fused-ring (bicyclic) bond motifs is 1. The van der Waals surface area contributed by atoms with Crippen LogP contribution in [0.2, 0.25) is 5.02 Å². The Hall–Kier alpha value is -2.97. The van der Waals surface area contributed by atoms with E-state index >= 15 is 0 Å². The van der Waals surface area contributed by atoms with E-state index in [1.54, 1.807) is 12.3 Å². The monoisotopic (exact) mass is 402 g/mol. The molecule has 3 aromatic rings. The molecule has 1 aliphatic heterocycles. The molecule has 28 heavy (non-hydrogen) atoms. The van der Waals surface area contributed by atoms with Crippen molar-refractivity contribution in [1.29, 1.82) is 0 Å². The molecule has 3 heterocycles. The van der Waals surface area contributed by atoms with E-state index in [2.05, 4.69) is 15.3 Å². The lowest BCUT2D eigenvalue weighted by Crippen LogP contribution is -2.52. The lowest BCUT2D eigenvalue weighted by atomic mass is 10.0. The Morgan fingerprint density at radius 2 is 2.21 bits per heavy atom. The highest BCUT2D eigenvalue weighted by Gasteiger charge is 2.51. The van der Waals surface area contributed by atoms with Crippen LogP contribution in [0.25, 0.3) is 11.0 Å². The number of anilines is 1. The molecule has 4 rings (SSSR count). The molecule has 0 saturated carbocycles. The maximum absolute atomic E-state index is 13.4. The highest BCUT2D eigenvalue weighted by molar-refractivity contribution is 6.30. The molecule has 0 radical (unpaired) electrons. The van der Waals surface area contributed by atoms with E-state index in [4.69, 9.17) is 11.6 Å². The van der Waals surface area contributed by atoms with Crippen molar-refractivity contribution < 1.29 is 19.1 Å². The van der Waals surface area contributed by atoms with Gasteiger partial charge in [0, 0.05) is 36.1 Å². The largest absolute Gasteiger partial charge is 0.372 e. The van der Waals surface area contributed by atoms with Gasteiger partial charge in [0.2, 0.25) is 5.60 Å². The summed E-state index contributed by atoms with van der Waals surface area (Å²) in [5.74, 6) is -2.10. The Morgan fingerprint density at radius 1 is 1.39 bits per heavy atom. The molecule has 2 aromatic heterocycles. The van der Waals surface area contributed by atoms with Crippen molar-refractivity contribution in [3.8, 4) is 0 Å². The molecule has 3 N–H and O–H groups in total. The van der Waals surface area contributed by atoms with Crippen molar-refractivity contribution in [2.24, 2.45) is 0 Å². The summed E-state index contributed by atoms with van der Waals surface area (Å²) in [6, 6.07) is 7.44. The normalized spacial score (nSPS) is 19.4. The number of amides is 2. The molecule has 1 atom stereocenters. The number of halogens is 2. The van der Waals surface area contributed by atoms with Crippen molar-refractivity contribution in [1.82, 2.24) is 15.3 Å². The van der Waals surface area contributed by atoms with Crippen molar-refractivity contribution >= 4 is 40.1 Å². The number of H-pyrrole nitrogens is 1. The van der Waals surface area contributed by atoms with Gasteiger partial charge in [0.05, 0.1) is 11.9 Å². The molecule has 9 heteroatoms. The van der Waals surface area contributed by atoms with Crippen molar-refractivity contribution in [3.05, 3.63) is 59.1 Å². The standard InChI is InChI=1S/C19H16ClFN4O3/c20-13-5-11(6-14(21)8-13)9-24-17(26)19(28)2-4-25(18(19)27)15-7-12-1-3-22-16(12)23-10-15/h1,3,5-8,10,28H,2,4,9H2,(H,22,23)(H,24,26). The molecule has 1 aromatic carbocycles. The van der Waals surface area contributed by atoms with Crippen LogP contribution in [0.5, 0.6) is 0 Å². The number of carbonyl (C=O) groups excluding carboxylic acids is 2. The third kappa shape index (κ3) is 3.21. The van der Waals surface area contributed by atoms with Gasteiger partial charge in [0.15, 0.2) is 0 Å². The van der Waals surface area contributed by atoms with Crippen LogP contribution in [0.15, 0.2) is 42.7 Å². The number of pyridine rings is 1. The van der Waals surface area contributed by atoms with Crippen molar-refractivity contribution in [2.75, 3.05) is 11.4 Å². The van der Waals surface area contributed by atoms with Crippen LogP contribution in [0.3, 0.4) is 0 Å². The first-order chi connectivity index (χ1) is 13.4. The molecule has 144 valence electrons. The molecule has 0 spiro atoms. The number of aromatic nitrogens is 2. The molecule has 0 bridgehead atoms. The highest BCUT2D eigenvalue weighted by Crippen LogP contribution is 2.30. The lowest BCUT2D eigenvalue weighted by Gasteiger charge is -2.21. The molecule has 7 nitrogen and oxygen atoms in total. The number of nitrogens with zero attached hydrogens (tertiary/aromatic N) is 2. The van der Waals surface area contributed by atoms with Gasteiger partial charge in [0.25, 0.3) is 11.8 Å². The lowest BCUT2D eigenvalue weighted by molar-refractivity contribution is -0.149. The number of nitrogens with one attached hydrogen (secondary N) is 2. The van der Waals surface area contributed by atoms with Gasteiger partial charge >= 0.3 is 0 Å². The van der Waals surface area contributed by atoms with Gasteiger partial charge < -0.3 is 20.3 Å². The predicted molar refractivity (Wildman–Crippen MR) is 101 cm³/mol. The van der Waals surface area contributed by atoms with Crippen LogP contribution in [0.1, 0.15) is 12.0 Å². The summed E-state index contributed by atoms with van der Waals surface area (Å²) in [5.41, 5.74) is -0.592. The quantitative estimate of drug-likeness (QED) is 0.582. The zero-order valence-electron chi connectivity index (χ0n) is 14.6. The molecule has 1 aliphatic rings. The van der Waals surface area contributed by atoms with Crippen molar-refractivity contribution in [3.63, 3.8) is 0 Å². The predicted octanol–water partition coefficient (Wildman–Crippen LogP) is 2.14. The van der Waals surface area contributed by atoms with Gasteiger partial charge in [-0.05, 0) is 35.9 Å². The number of hydrogen-bond donors (Lipinski definition) is 3. The first-order valence-electron chi connectivity index (χ1n) is 8.57. The van der Waals surface area contributed by atoms with Gasteiger partial charge in [-0.25, -0.2) is 9.37 Å². The second-order valence-corrected chi connectivity index (χ2v) is 7.07. The second-order valence-electron chi connectivity index (χ2n) is 6.64. The number of aromatic amines is 1. The van der Waals surface area contributed by atoms with Gasteiger partial charge in [-0.15, -0.1) is 0 Å². The molecule has 1 fully saturated rings. The number of hydrogen-bond acceptors (Lipinski definition) is 4. The first-order valence-corrected chi connectivity index (χ1v) is 8.95. The molecular formula is C19H16ClFN4O3. The van der Waals surface area contributed by atoms with Crippen molar-refractivity contribution in [2.45, 2.75) is 18.6 Å². The average molecular weight is 403 g/mol. The summed E-state index contributed by atoms with van der Waals surface area (Å²) in [6.07, 6.45) is 3.18. The summed E-state index contributed by atoms with van der Waals surface area (Å²) in [4.78, 5) is 33.8. The van der Waals surface area contributed by atoms with Gasteiger partial charge in [-0.3, -0.25) is 9.59 Å². The van der Waals surface area contributed by atoms with Crippen LogP contribution in [-0.2, 0) is 16.1 Å². The third-order valence-corrected chi connectivity index (χ3v) is 4.96. The van der Waals surface area contributed by atoms with Crippen LogP contribution < -0.4 is 10.2 Å². The third-order valence-electron chi connectivity index (χ3n) is 4.74. The smallest absolute Gasteiger partial charge is 0.268 e. The average Bonchev–Trinajstić information content (AvgIpc) is 3.24. The van der Waals surface area contributed by atoms with E-state index in [1.165, 1.54) is 23.2 Å². The number of rotatable bonds is 4. The number of benzene rings is 1. The zero-order valence-corrected chi connectivity index (χ0v) is 15.3. The minimum absolute atomic E-state index is 0.0628. The number of carbonyl (C=O) groups is 2. The Labute approximate surface area is 164 Å². The van der Waals surface area contributed by atoms with E-state index in [0.717, 1.165) is 11.5 Å². The van der Waals surface area contributed by atoms with E-state index in [9.17, 15) is 19.1 Å². The van der Waals surface area contributed by atoms with E-state index in [-0.39, 0.29) is 24.5 Å². The summed E-state index contributed by atoms with van der Waals surface area (Å²) in [7, 11) is 0. The summed E-state index contributed by atoms with van der Waals surface area (Å²) < 4.78 is 13.4. The summed E-state index contributed by atoms with van der Waals surface area (Å²) in [6.45, 7) is 0.106. The molecule has 0 aliphatic carbocycles. The molecule has 1 saturated heterocycles. The van der Waals surface area contributed by atoms with Gasteiger partial charge in [-0.1, -0.05) is 11.6 Å². The van der Waals surface area contributed by atoms with Gasteiger partial charge in [0.1, 0.15) is 11.5 Å². The van der Waals surface area contributed by atoms with Crippen LogP contribution >= 0.6 is 11.6 Å². The number of aliphatic hydroxyl groups is 1. The highest BCUT2D eigenvalue weighted by atomic mass is 35.5. The maximum Gasteiger partial charge on any atom is 0.268 e. The van der Waals surface area contributed by atoms with Crippen LogP contribution in [0.4, 0.5) is 10.1 Å². The van der Waals surface area contributed by atoms with Crippen LogP contribution in [-0.4, -0.2) is 39.0 Å². The fourth-order valence-electron chi connectivity index (χ4n) is 3.28. The Kier molecular flexibility index (Phi) is 4.52. The Morgan fingerprint density at radius 3 is 3.00 bits per heavy atom. The summed E-state index contributed by atoms with van der Waals surface area (Å²) >= 11 is 5.79. The minimum atomic E-state index is -2.19. The molecule has 1 unspecified atom stereocenters. The molecule has 2 amide bonds. The fourth-order valence-corrected chi connectivity index (χ4v) is 3.52. The van der Waals surface area contributed by atoms with Gasteiger partial charge in [-0.2, -0.15) is 0 Å². The Balaban J connectivity index is 1.49. The van der Waals surface area contributed by atoms with Crippen LogP contribution in [0, 0.1) is 5.82 Å². The second kappa shape index (κ2) is 6.88. The van der Waals surface area contributed by atoms with E-state index in [1.807, 2.05) is 6.07 Å². The first kappa shape index (κ1) is 18.4. The zero-order chi connectivity index (χ0) is 19.9. The topological polar surface area (TPSA) is 98.3 Å². The summed E-state index contributed by atoms with van der Waals surface area (Å²) in [5, 5.41) is 14.2. The molecular weight excluding hydrogens is 387 g/mol. The fraction of sp³-hybridized carbons (Fsp3) is 0.211. The minimum Gasteiger partial charge on any atom is -0.372 e. The maximum atomic E-state index is 13.4. The van der Waals surface area contributed by atoms with E-state index in [0.29, 0.717) is 16.9 Å². The Bertz CT molecular complexity index is 1070. The van der Waals surface area contributed by atoms with E-state index < -0.39 is 23.2 Å².